The van der Waals surface area contributed by atoms with E-state index in [0.29, 0.717) is 24.5 Å². The van der Waals surface area contributed by atoms with E-state index in [0.717, 1.165) is 5.69 Å². The fraction of sp³-hybridized carbons (Fsp3) is 0.400. The number of anilines is 2. The van der Waals surface area contributed by atoms with Gasteiger partial charge in [-0.05, 0) is 23.4 Å². The summed E-state index contributed by atoms with van der Waals surface area (Å²) in [6, 6.07) is 4.99. The number of benzene rings is 1. The highest BCUT2D eigenvalue weighted by molar-refractivity contribution is 5.72. The van der Waals surface area contributed by atoms with Gasteiger partial charge in [0.1, 0.15) is 5.69 Å². The third-order valence-corrected chi connectivity index (χ3v) is 1.94. The molecule has 0 aliphatic carbocycles. The van der Waals surface area contributed by atoms with Crippen LogP contribution in [-0.4, -0.2) is 27.4 Å². The Labute approximate surface area is 93.9 Å². The summed E-state index contributed by atoms with van der Waals surface area (Å²) in [4.78, 5) is 15.2. The first kappa shape index (κ1) is 12.4. The van der Waals surface area contributed by atoms with E-state index in [1.165, 1.54) is 7.11 Å². The molecular weight excluding hydrogens is 210 g/mol. The fourth-order valence-corrected chi connectivity index (χ4v) is 1.23. The lowest BCUT2D eigenvalue weighted by molar-refractivity contribution is 0.210. The van der Waals surface area contributed by atoms with E-state index < -0.39 is 0 Å². The lowest BCUT2D eigenvalue weighted by atomic mass is 10.2. The number of nitroso groups, excluding NO2 is 1. The van der Waals surface area contributed by atoms with Gasteiger partial charge in [0.15, 0.2) is 0 Å². The van der Waals surface area contributed by atoms with E-state index in [9.17, 15) is 4.91 Å². The molecule has 0 saturated heterocycles. The van der Waals surface area contributed by atoms with Crippen LogP contribution in [0.3, 0.4) is 0 Å². The van der Waals surface area contributed by atoms with Crippen molar-refractivity contribution in [2.75, 3.05) is 38.2 Å². The molecule has 1 aromatic carbocycles. The number of ether oxygens (including phenoxy) is 1. The average molecular weight is 225 g/mol. The van der Waals surface area contributed by atoms with E-state index in [4.69, 9.17) is 9.57 Å². The largest absolute Gasteiger partial charge is 0.383 e. The Morgan fingerprint density at radius 1 is 1.31 bits per heavy atom. The minimum absolute atomic E-state index is 0.344. The van der Waals surface area contributed by atoms with E-state index >= 15 is 0 Å². The van der Waals surface area contributed by atoms with Gasteiger partial charge in [-0.3, -0.25) is 10.3 Å². The van der Waals surface area contributed by atoms with Crippen LogP contribution >= 0.6 is 0 Å². The van der Waals surface area contributed by atoms with Gasteiger partial charge in [-0.2, -0.15) is 0 Å². The van der Waals surface area contributed by atoms with E-state index in [1.807, 2.05) is 0 Å². The molecule has 0 amide bonds. The van der Waals surface area contributed by atoms with Gasteiger partial charge in [0, 0.05) is 13.7 Å². The summed E-state index contributed by atoms with van der Waals surface area (Å²) in [5.74, 6) is 0. The second-order valence-corrected chi connectivity index (χ2v) is 3.05. The summed E-state index contributed by atoms with van der Waals surface area (Å²) in [5.41, 5.74) is 4.51. The molecule has 2 N–H and O–H groups in total. The predicted octanol–water partition coefficient (Wildman–Crippen LogP) is 2.12. The normalized spacial score (nSPS) is 9.88. The third kappa shape index (κ3) is 3.48. The van der Waals surface area contributed by atoms with Gasteiger partial charge in [0.25, 0.3) is 0 Å². The minimum atomic E-state index is 0.344. The van der Waals surface area contributed by atoms with E-state index in [1.54, 1.807) is 25.3 Å². The second-order valence-electron chi connectivity index (χ2n) is 3.05. The van der Waals surface area contributed by atoms with Crippen LogP contribution in [0.4, 0.5) is 17.1 Å². The molecule has 0 spiro atoms. The van der Waals surface area contributed by atoms with Crippen molar-refractivity contribution in [3.8, 4) is 0 Å². The summed E-state index contributed by atoms with van der Waals surface area (Å²) >= 11 is 0. The van der Waals surface area contributed by atoms with E-state index in [2.05, 4.69) is 16.0 Å². The zero-order chi connectivity index (χ0) is 11.8. The number of nitrogens with one attached hydrogen (secondary N) is 2. The van der Waals surface area contributed by atoms with Crippen LogP contribution in [0.25, 0.3) is 0 Å². The maximum absolute atomic E-state index is 10.4. The molecule has 0 radical (unpaired) electrons. The van der Waals surface area contributed by atoms with Crippen molar-refractivity contribution >= 4 is 17.1 Å². The second kappa shape index (κ2) is 6.76. The molecule has 0 heterocycles. The monoisotopic (exact) mass is 225 g/mol. The highest BCUT2D eigenvalue weighted by Gasteiger charge is 2.03. The third-order valence-electron chi connectivity index (χ3n) is 1.94. The molecule has 6 heteroatoms. The van der Waals surface area contributed by atoms with Gasteiger partial charge >= 0.3 is 0 Å². The molecule has 0 fully saturated rings. The predicted molar refractivity (Wildman–Crippen MR) is 62.9 cm³/mol. The number of hydrogen-bond donors (Lipinski definition) is 2. The molecule has 0 bridgehead atoms. The smallest absolute Gasteiger partial charge is 0.110 e. The van der Waals surface area contributed by atoms with Gasteiger partial charge in [-0.1, -0.05) is 0 Å². The summed E-state index contributed by atoms with van der Waals surface area (Å²) in [7, 11) is 3.13. The Bertz CT molecular complexity index is 344. The van der Waals surface area contributed by atoms with Crippen molar-refractivity contribution in [1.29, 1.82) is 0 Å². The van der Waals surface area contributed by atoms with Gasteiger partial charge < -0.3 is 10.1 Å². The maximum Gasteiger partial charge on any atom is 0.110 e. The van der Waals surface area contributed by atoms with Crippen LogP contribution < -0.4 is 10.8 Å². The first-order chi connectivity index (χ1) is 7.81. The molecule has 1 aromatic rings. The number of methoxy groups -OCH3 is 1. The standard InChI is InChI=1S/C10H15N3O3/c1-15-6-5-11-9-4-3-8(12-14)7-10(9)13-16-2/h3-4,7,11,13H,5-6H2,1-2H3. The van der Waals surface area contributed by atoms with Crippen LogP contribution in [0, 0.1) is 4.91 Å². The van der Waals surface area contributed by atoms with E-state index in [-0.39, 0.29) is 0 Å². The molecule has 0 aromatic heterocycles. The first-order valence-corrected chi connectivity index (χ1v) is 4.81. The molecule has 16 heavy (non-hydrogen) atoms. The topological polar surface area (TPSA) is 72.0 Å². The van der Waals surface area contributed by atoms with Crippen molar-refractivity contribution < 1.29 is 9.57 Å². The van der Waals surface area contributed by atoms with Gasteiger partial charge in [-0.25, -0.2) is 0 Å². The van der Waals surface area contributed by atoms with Crippen molar-refractivity contribution in [3.05, 3.63) is 23.1 Å². The number of rotatable bonds is 7. The van der Waals surface area contributed by atoms with Crippen molar-refractivity contribution in [1.82, 2.24) is 0 Å². The molecule has 0 aliphatic heterocycles. The van der Waals surface area contributed by atoms with Crippen molar-refractivity contribution in [2.45, 2.75) is 0 Å². The molecular formula is C10H15N3O3. The Kier molecular flexibility index (Phi) is 5.24. The zero-order valence-corrected chi connectivity index (χ0v) is 9.32. The Morgan fingerprint density at radius 3 is 2.75 bits per heavy atom. The van der Waals surface area contributed by atoms with Crippen molar-refractivity contribution in [2.24, 2.45) is 5.18 Å². The quantitative estimate of drug-likeness (QED) is 0.422. The summed E-state index contributed by atoms with van der Waals surface area (Å²) < 4.78 is 4.93. The van der Waals surface area contributed by atoms with Gasteiger partial charge in [0.2, 0.25) is 0 Å². The molecule has 1 rings (SSSR count). The molecule has 88 valence electrons. The summed E-state index contributed by atoms with van der Waals surface area (Å²) in [5, 5.41) is 5.99. The fourth-order valence-electron chi connectivity index (χ4n) is 1.23. The van der Waals surface area contributed by atoms with Crippen LogP contribution in [0.15, 0.2) is 23.4 Å². The molecule has 0 unspecified atom stereocenters. The van der Waals surface area contributed by atoms with Crippen LogP contribution in [0.1, 0.15) is 0 Å². The Morgan fingerprint density at radius 2 is 2.12 bits per heavy atom. The molecule has 0 aliphatic rings. The number of nitrogens with zero attached hydrogens (tertiary/aromatic N) is 1. The zero-order valence-electron chi connectivity index (χ0n) is 9.32. The van der Waals surface area contributed by atoms with Crippen LogP contribution in [-0.2, 0) is 9.57 Å². The lowest BCUT2D eigenvalue weighted by Gasteiger charge is -2.12. The van der Waals surface area contributed by atoms with Gasteiger partial charge in [-0.15, -0.1) is 4.91 Å². The van der Waals surface area contributed by atoms with Crippen LogP contribution in [0.2, 0.25) is 0 Å². The molecule has 0 saturated carbocycles. The lowest BCUT2D eigenvalue weighted by Crippen LogP contribution is -2.09. The van der Waals surface area contributed by atoms with Crippen LogP contribution in [0.5, 0.6) is 0 Å². The summed E-state index contributed by atoms with van der Waals surface area (Å²) in [6.07, 6.45) is 0. The first-order valence-electron chi connectivity index (χ1n) is 4.81. The highest BCUT2D eigenvalue weighted by atomic mass is 16.6. The SMILES string of the molecule is COCCNc1ccc(N=O)cc1NOC. The van der Waals surface area contributed by atoms with Crippen molar-refractivity contribution in [3.63, 3.8) is 0 Å². The summed E-state index contributed by atoms with van der Waals surface area (Å²) in [6.45, 7) is 1.27. The highest BCUT2D eigenvalue weighted by Crippen LogP contribution is 2.27. The Hall–Kier alpha value is -1.66. The maximum atomic E-state index is 10.4. The minimum Gasteiger partial charge on any atom is -0.383 e. The number of hydrogen-bond acceptors (Lipinski definition) is 6. The van der Waals surface area contributed by atoms with Gasteiger partial charge in [0.05, 0.1) is 25.1 Å². The molecule has 6 nitrogen and oxygen atoms in total. The average Bonchev–Trinajstić information content (AvgIpc) is 2.31. The Balaban J connectivity index is 2.76. The molecule has 0 atom stereocenters.